The van der Waals surface area contributed by atoms with Crippen molar-refractivity contribution in [2.45, 2.75) is 19.8 Å². The maximum absolute atomic E-state index is 11.8. The van der Waals surface area contributed by atoms with Crippen molar-refractivity contribution in [3.05, 3.63) is 69.8 Å². The highest BCUT2D eigenvalue weighted by atomic mass is 16.6. The van der Waals surface area contributed by atoms with Crippen LogP contribution in [0.2, 0.25) is 0 Å². The van der Waals surface area contributed by atoms with Crippen molar-refractivity contribution < 1.29 is 14.5 Å². The smallest absolute Gasteiger partial charge is 0.270 e. The lowest BCUT2D eigenvalue weighted by molar-refractivity contribution is -0.384. The minimum atomic E-state index is -0.511. The zero-order valence-corrected chi connectivity index (χ0v) is 14.1. The number of non-ortho nitro benzene ring substituents is 1. The van der Waals surface area contributed by atoms with E-state index in [1.165, 1.54) is 24.4 Å². The average Bonchev–Trinajstić information content (AvgIpc) is 2.62. The number of rotatable bonds is 7. The van der Waals surface area contributed by atoms with E-state index in [0.29, 0.717) is 11.3 Å². The molecule has 0 bridgehead atoms. The number of aryl methyl sites for hydroxylation is 1. The molecule has 2 aromatic rings. The van der Waals surface area contributed by atoms with Crippen LogP contribution in [0.5, 0.6) is 0 Å². The first kappa shape index (κ1) is 18.8. The summed E-state index contributed by atoms with van der Waals surface area (Å²) in [5.41, 5.74) is 4.47. The normalized spacial score (nSPS) is 10.5. The van der Waals surface area contributed by atoms with Gasteiger partial charge in [0.05, 0.1) is 11.1 Å². The highest BCUT2D eigenvalue weighted by molar-refractivity contribution is 5.93. The van der Waals surface area contributed by atoms with E-state index in [0.717, 1.165) is 5.56 Å². The van der Waals surface area contributed by atoms with Gasteiger partial charge in [0.1, 0.15) is 0 Å². The molecular formula is C18H18N4O4. The largest absolute Gasteiger partial charge is 0.326 e. The van der Waals surface area contributed by atoms with Gasteiger partial charge in [-0.3, -0.25) is 19.7 Å². The molecule has 26 heavy (non-hydrogen) atoms. The summed E-state index contributed by atoms with van der Waals surface area (Å²) in [6.07, 6.45) is 1.30. The Morgan fingerprint density at radius 2 is 1.81 bits per heavy atom. The van der Waals surface area contributed by atoms with E-state index in [-0.39, 0.29) is 24.4 Å². The second-order valence-corrected chi connectivity index (χ2v) is 5.56. The average molecular weight is 354 g/mol. The van der Waals surface area contributed by atoms with Crippen LogP contribution in [0.15, 0.2) is 53.6 Å². The highest BCUT2D eigenvalue weighted by Crippen LogP contribution is 2.11. The first-order chi connectivity index (χ1) is 12.4. The molecule has 0 atom stereocenters. The Morgan fingerprint density at radius 1 is 1.12 bits per heavy atom. The van der Waals surface area contributed by atoms with Crippen LogP contribution >= 0.6 is 0 Å². The lowest BCUT2D eigenvalue weighted by atomic mass is 10.2. The fourth-order valence-electron chi connectivity index (χ4n) is 2.04. The number of carbonyl (C=O) groups excluding carboxylic acids is 2. The molecule has 134 valence electrons. The van der Waals surface area contributed by atoms with Gasteiger partial charge in [-0.15, -0.1) is 0 Å². The summed E-state index contributed by atoms with van der Waals surface area (Å²) < 4.78 is 0. The van der Waals surface area contributed by atoms with E-state index in [4.69, 9.17) is 0 Å². The van der Waals surface area contributed by atoms with Crippen LogP contribution < -0.4 is 10.7 Å². The van der Waals surface area contributed by atoms with Crippen molar-refractivity contribution in [1.82, 2.24) is 5.43 Å². The molecule has 8 nitrogen and oxygen atoms in total. The Morgan fingerprint density at radius 3 is 2.50 bits per heavy atom. The van der Waals surface area contributed by atoms with E-state index in [2.05, 4.69) is 15.8 Å². The van der Waals surface area contributed by atoms with Crippen LogP contribution in [-0.4, -0.2) is 23.0 Å². The summed E-state index contributed by atoms with van der Waals surface area (Å²) in [5.74, 6) is -0.697. The Hall–Kier alpha value is -3.55. The molecule has 0 saturated heterocycles. The van der Waals surface area contributed by atoms with E-state index in [9.17, 15) is 19.7 Å². The standard InChI is InChI=1S/C18H18N4O4/c1-13-5-7-15(8-6-13)20-17(23)9-10-18(24)21-19-12-14-3-2-4-16(11-14)22(25)26/h2-8,11-12H,9-10H2,1H3,(H,20,23)(H,21,24)/b19-12-. The van der Waals surface area contributed by atoms with Gasteiger partial charge in [-0.25, -0.2) is 5.43 Å². The van der Waals surface area contributed by atoms with Gasteiger partial charge in [0.2, 0.25) is 11.8 Å². The minimum Gasteiger partial charge on any atom is -0.326 e. The number of hydrazone groups is 1. The molecule has 8 heteroatoms. The number of hydrogen-bond acceptors (Lipinski definition) is 5. The molecule has 0 fully saturated rings. The molecule has 2 rings (SSSR count). The number of nitro groups is 1. The second kappa shape index (κ2) is 9.07. The first-order valence-electron chi connectivity index (χ1n) is 7.87. The summed E-state index contributed by atoms with van der Waals surface area (Å²) in [4.78, 5) is 33.7. The van der Waals surface area contributed by atoms with E-state index >= 15 is 0 Å². The third-order valence-corrected chi connectivity index (χ3v) is 3.40. The van der Waals surface area contributed by atoms with Crippen molar-refractivity contribution in [1.29, 1.82) is 0 Å². The predicted molar refractivity (Wildman–Crippen MR) is 97.9 cm³/mol. The van der Waals surface area contributed by atoms with Gasteiger partial charge in [0.15, 0.2) is 0 Å². The van der Waals surface area contributed by atoms with Crippen LogP contribution in [0.1, 0.15) is 24.0 Å². The SMILES string of the molecule is Cc1ccc(NC(=O)CCC(=O)N/N=C\c2cccc([N+](=O)[O-])c2)cc1. The maximum Gasteiger partial charge on any atom is 0.270 e. The van der Waals surface area contributed by atoms with Crippen molar-refractivity contribution in [3.8, 4) is 0 Å². The molecule has 0 radical (unpaired) electrons. The Kier molecular flexibility index (Phi) is 6.55. The lowest BCUT2D eigenvalue weighted by Gasteiger charge is -2.05. The van der Waals surface area contributed by atoms with Gasteiger partial charge in [-0.2, -0.15) is 5.10 Å². The molecular weight excluding hydrogens is 336 g/mol. The van der Waals surface area contributed by atoms with E-state index < -0.39 is 10.8 Å². The molecule has 0 heterocycles. The molecule has 0 aromatic heterocycles. The number of nitrogens with one attached hydrogen (secondary N) is 2. The third kappa shape index (κ3) is 6.16. The number of carbonyl (C=O) groups is 2. The fraction of sp³-hybridized carbons (Fsp3) is 0.167. The molecule has 0 aliphatic carbocycles. The second-order valence-electron chi connectivity index (χ2n) is 5.56. The number of nitrogens with zero attached hydrogens (tertiary/aromatic N) is 2. The fourth-order valence-corrected chi connectivity index (χ4v) is 2.04. The van der Waals surface area contributed by atoms with Crippen LogP contribution in [0.25, 0.3) is 0 Å². The summed E-state index contributed by atoms with van der Waals surface area (Å²) in [6.45, 7) is 1.95. The van der Waals surface area contributed by atoms with Crippen LogP contribution in [0.4, 0.5) is 11.4 Å². The molecule has 0 aliphatic heterocycles. The van der Waals surface area contributed by atoms with Crippen molar-refractivity contribution in [2.75, 3.05) is 5.32 Å². The zero-order chi connectivity index (χ0) is 18.9. The first-order valence-corrected chi connectivity index (χ1v) is 7.87. The summed E-state index contributed by atoms with van der Waals surface area (Å²) in [5, 5.41) is 17.1. The quantitative estimate of drug-likeness (QED) is 0.452. The predicted octanol–water partition coefficient (Wildman–Crippen LogP) is 2.77. The molecule has 2 N–H and O–H groups in total. The molecule has 2 aromatic carbocycles. The maximum atomic E-state index is 11.8. The number of hydrogen-bond donors (Lipinski definition) is 2. The van der Waals surface area contributed by atoms with Gasteiger partial charge < -0.3 is 5.32 Å². The monoisotopic (exact) mass is 354 g/mol. The Balaban J connectivity index is 1.76. The van der Waals surface area contributed by atoms with Crippen LogP contribution in [0.3, 0.4) is 0 Å². The van der Waals surface area contributed by atoms with Gasteiger partial charge in [-0.05, 0) is 19.1 Å². The molecule has 2 amide bonds. The van der Waals surface area contributed by atoms with Crippen molar-refractivity contribution in [3.63, 3.8) is 0 Å². The van der Waals surface area contributed by atoms with Crippen molar-refractivity contribution in [2.24, 2.45) is 5.10 Å². The van der Waals surface area contributed by atoms with Crippen LogP contribution in [-0.2, 0) is 9.59 Å². The number of anilines is 1. The lowest BCUT2D eigenvalue weighted by Crippen LogP contribution is -2.20. The van der Waals surface area contributed by atoms with E-state index in [1.54, 1.807) is 18.2 Å². The molecule has 0 saturated carbocycles. The Bertz CT molecular complexity index is 831. The molecule has 0 aliphatic rings. The number of benzene rings is 2. The zero-order valence-electron chi connectivity index (χ0n) is 14.1. The van der Waals surface area contributed by atoms with Crippen molar-refractivity contribution >= 4 is 29.4 Å². The topological polar surface area (TPSA) is 114 Å². The van der Waals surface area contributed by atoms with Gasteiger partial charge in [-0.1, -0.05) is 29.8 Å². The minimum absolute atomic E-state index is 0.0199. The van der Waals surface area contributed by atoms with Gasteiger partial charge in [0, 0.05) is 36.2 Å². The van der Waals surface area contributed by atoms with Crippen LogP contribution in [0, 0.1) is 17.0 Å². The Labute approximate surface area is 150 Å². The number of amides is 2. The van der Waals surface area contributed by atoms with Gasteiger partial charge in [0.25, 0.3) is 5.69 Å². The summed E-state index contributed by atoms with van der Waals surface area (Å²) in [7, 11) is 0. The molecule has 0 spiro atoms. The van der Waals surface area contributed by atoms with Gasteiger partial charge >= 0.3 is 0 Å². The summed E-state index contributed by atoms with van der Waals surface area (Å²) >= 11 is 0. The van der Waals surface area contributed by atoms with E-state index in [1.807, 2.05) is 19.1 Å². The third-order valence-electron chi connectivity index (χ3n) is 3.40. The molecule has 0 unspecified atom stereocenters. The highest BCUT2D eigenvalue weighted by Gasteiger charge is 2.07. The number of nitro benzene ring substituents is 1. The summed E-state index contributed by atoms with van der Waals surface area (Å²) in [6, 6.07) is 13.2.